The van der Waals surface area contributed by atoms with Gasteiger partial charge < -0.3 is 5.32 Å². The van der Waals surface area contributed by atoms with Gasteiger partial charge in [-0.1, -0.05) is 12.1 Å². The summed E-state index contributed by atoms with van der Waals surface area (Å²) in [6.45, 7) is 0. The second-order valence-electron chi connectivity index (χ2n) is 4.53. The molecule has 0 unspecified atom stereocenters. The van der Waals surface area contributed by atoms with E-state index in [4.69, 9.17) is 0 Å². The number of anilines is 1. The maximum Gasteiger partial charge on any atom is 0.446 e. The van der Waals surface area contributed by atoms with Crippen LogP contribution < -0.4 is 5.32 Å². The van der Waals surface area contributed by atoms with Gasteiger partial charge in [-0.05, 0) is 42.1 Å². The summed E-state index contributed by atoms with van der Waals surface area (Å²) in [5.41, 5.74) is -1.47. The van der Waals surface area contributed by atoms with Crippen LogP contribution in [0.1, 0.15) is 10.4 Å². The summed E-state index contributed by atoms with van der Waals surface area (Å²) >= 11 is 1.14. The van der Waals surface area contributed by atoms with E-state index >= 15 is 0 Å². The van der Waals surface area contributed by atoms with Crippen LogP contribution in [0.5, 0.6) is 0 Å². The van der Waals surface area contributed by atoms with E-state index in [9.17, 15) is 18.0 Å². The van der Waals surface area contributed by atoms with Crippen LogP contribution in [0.15, 0.2) is 52.9 Å². The highest BCUT2D eigenvalue weighted by Crippen LogP contribution is 2.40. The zero-order valence-electron chi connectivity index (χ0n) is 11.4. The Balaban J connectivity index is 1.85. The molecule has 3 nitrogen and oxygen atoms in total. The highest BCUT2D eigenvalue weighted by molar-refractivity contribution is 8.00. The number of nitrogens with one attached hydrogen (secondary N) is 1. The molecule has 1 N–H and O–H groups in total. The van der Waals surface area contributed by atoms with Crippen LogP contribution in [0.2, 0.25) is 0 Å². The number of carbonyl (C=O) groups excluding carboxylic acids is 1. The topological polar surface area (TPSA) is 42.0 Å². The van der Waals surface area contributed by atoms with Crippen molar-refractivity contribution in [2.24, 2.45) is 0 Å². The van der Waals surface area contributed by atoms with E-state index in [1.54, 1.807) is 29.8 Å². The maximum absolute atomic E-state index is 12.6. The Hall–Kier alpha value is -2.06. The van der Waals surface area contributed by atoms with Crippen LogP contribution in [0, 0.1) is 0 Å². The second kappa shape index (κ2) is 6.21. The summed E-state index contributed by atoms with van der Waals surface area (Å²) in [4.78, 5) is 16.3. The molecule has 0 saturated carbocycles. The molecule has 0 aliphatic carbocycles. The molecule has 0 fully saturated rings. The van der Waals surface area contributed by atoms with Gasteiger partial charge in [0.2, 0.25) is 0 Å². The number of rotatable bonds is 3. The number of alkyl halides is 3. The molecule has 0 aliphatic rings. The van der Waals surface area contributed by atoms with Gasteiger partial charge in [0.15, 0.2) is 0 Å². The Morgan fingerprint density at radius 1 is 1.17 bits per heavy atom. The lowest BCUT2D eigenvalue weighted by molar-refractivity contribution is -0.0328. The molecule has 3 rings (SSSR count). The quantitative estimate of drug-likeness (QED) is 0.661. The third-order valence-corrected chi connectivity index (χ3v) is 4.55. The van der Waals surface area contributed by atoms with Gasteiger partial charge in [0.25, 0.3) is 5.91 Å². The van der Waals surface area contributed by atoms with E-state index < -0.39 is 11.4 Å². The number of aromatic nitrogens is 1. The number of nitrogens with zero attached hydrogens (tertiary/aromatic N) is 1. The third kappa shape index (κ3) is 3.83. The molecule has 3 aromatic rings. The summed E-state index contributed by atoms with van der Waals surface area (Å²) in [7, 11) is 0. The number of thioether (sulfide) groups is 1. The molecule has 1 amide bonds. The first kappa shape index (κ1) is 15.8. The summed E-state index contributed by atoms with van der Waals surface area (Å²) in [6.07, 6.45) is 0. The minimum absolute atomic E-state index is 0.0489. The Morgan fingerprint density at radius 2 is 1.96 bits per heavy atom. The average Bonchev–Trinajstić information content (AvgIpc) is 2.95. The number of fused-ring (bicyclic) bond motifs is 1. The first-order valence-corrected chi connectivity index (χ1v) is 8.11. The molecule has 0 aliphatic heterocycles. The lowest BCUT2D eigenvalue weighted by Gasteiger charge is -2.12. The van der Waals surface area contributed by atoms with Crippen molar-refractivity contribution >= 4 is 44.9 Å². The highest BCUT2D eigenvalue weighted by atomic mass is 32.2. The van der Waals surface area contributed by atoms with Gasteiger partial charge in [0.1, 0.15) is 0 Å². The zero-order valence-corrected chi connectivity index (χ0v) is 13.1. The molecule has 8 heteroatoms. The average molecular weight is 354 g/mol. The van der Waals surface area contributed by atoms with E-state index in [1.165, 1.54) is 29.5 Å². The number of halogens is 3. The van der Waals surface area contributed by atoms with Crippen molar-refractivity contribution in [3.05, 3.63) is 53.5 Å². The molecule has 118 valence electrons. The first-order valence-electron chi connectivity index (χ1n) is 6.42. The lowest BCUT2D eigenvalue weighted by atomic mass is 10.2. The molecule has 0 radical (unpaired) electrons. The van der Waals surface area contributed by atoms with Gasteiger partial charge in [0.05, 0.1) is 21.4 Å². The van der Waals surface area contributed by atoms with E-state index in [2.05, 4.69) is 10.3 Å². The van der Waals surface area contributed by atoms with Crippen molar-refractivity contribution in [2.45, 2.75) is 10.4 Å². The molecule has 1 heterocycles. The minimum Gasteiger partial charge on any atom is -0.321 e. The monoisotopic (exact) mass is 354 g/mol. The van der Waals surface area contributed by atoms with E-state index in [0.717, 1.165) is 10.2 Å². The smallest absolute Gasteiger partial charge is 0.321 e. The van der Waals surface area contributed by atoms with Crippen LogP contribution in [0.3, 0.4) is 0 Å². The number of carbonyl (C=O) groups is 1. The zero-order chi connectivity index (χ0) is 16.4. The maximum atomic E-state index is 12.6. The molecule has 0 atom stereocenters. The standard InChI is InChI=1S/C15H9F3N2OS2/c16-15(17,18)23-12-4-2-1-3-11(12)20-14(21)9-5-6-10-13(7-9)22-8-19-10/h1-8H,(H,20,21). The lowest BCUT2D eigenvalue weighted by Crippen LogP contribution is -2.13. The fourth-order valence-corrected chi connectivity index (χ4v) is 3.32. The predicted octanol–water partition coefficient (Wildman–Crippen LogP) is 5.16. The Bertz CT molecular complexity index is 861. The largest absolute Gasteiger partial charge is 0.446 e. The summed E-state index contributed by atoms with van der Waals surface area (Å²) < 4.78 is 38.5. The predicted molar refractivity (Wildman–Crippen MR) is 85.9 cm³/mol. The Labute approximate surface area is 137 Å². The molecule has 0 saturated heterocycles. The fourth-order valence-electron chi connectivity index (χ4n) is 1.97. The van der Waals surface area contributed by atoms with Gasteiger partial charge in [-0.25, -0.2) is 4.98 Å². The van der Waals surface area contributed by atoms with E-state index in [-0.39, 0.29) is 22.3 Å². The summed E-state index contributed by atoms with van der Waals surface area (Å²) in [6, 6.07) is 10.8. The van der Waals surface area contributed by atoms with E-state index in [1.807, 2.05) is 0 Å². The number of para-hydroxylation sites is 1. The Morgan fingerprint density at radius 3 is 2.74 bits per heavy atom. The van der Waals surface area contributed by atoms with E-state index in [0.29, 0.717) is 5.56 Å². The molecule has 0 spiro atoms. The Kier molecular flexibility index (Phi) is 4.27. The van der Waals surface area contributed by atoms with Crippen LogP contribution in [-0.2, 0) is 0 Å². The second-order valence-corrected chi connectivity index (χ2v) is 6.53. The number of thiazole rings is 1. The van der Waals surface area contributed by atoms with Crippen LogP contribution in [0.25, 0.3) is 10.2 Å². The van der Waals surface area contributed by atoms with Crippen molar-refractivity contribution in [3.63, 3.8) is 0 Å². The molecule has 23 heavy (non-hydrogen) atoms. The number of amides is 1. The van der Waals surface area contributed by atoms with Crippen molar-refractivity contribution < 1.29 is 18.0 Å². The molecule has 0 bridgehead atoms. The number of hydrogen-bond acceptors (Lipinski definition) is 4. The van der Waals surface area contributed by atoms with Gasteiger partial charge in [-0.15, -0.1) is 11.3 Å². The molecular formula is C15H9F3N2OS2. The third-order valence-electron chi connectivity index (χ3n) is 2.95. The van der Waals surface area contributed by atoms with Crippen LogP contribution >= 0.6 is 23.1 Å². The SMILES string of the molecule is O=C(Nc1ccccc1SC(F)(F)F)c1ccc2ncsc2c1. The first-order chi connectivity index (χ1) is 10.9. The molecule has 2 aromatic carbocycles. The summed E-state index contributed by atoms with van der Waals surface area (Å²) in [5.74, 6) is -0.462. The van der Waals surface area contributed by atoms with Gasteiger partial charge in [-0.2, -0.15) is 13.2 Å². The molecular weight excluding hydrogens is 345 g/mol. The normalized spacial score (nSPS) is 11.6. The van der Waals surface area contributed by atoms with Gasteiger partial charge in [-0.3, -0.25) is 4.79 Å². The van der Waals surface area contributed by atoms with Crippen LogP contribution in [-0.4, -0.2) is 16.4 Å². The van der Waals surface area contributed by atoms with Gasteiger partial charge >= 0.3 is 5.51 Å². The minimum atomic E-state index is -4.41. The highest BCUT2D eigenvalue weighted by Gasteiger charge is 2.30. The number of hydrogen-bond donors (Lipinski definition) is 1. The van der Waals surface area contributed by atoms with Crippen molar-refractivity contribution in [2.75, 3.05) is 5.32 Å². The summed E-state index contributed by atoms with van der Waals surface area (Å²) in [5, 5.41) is 2.53. The van der Waals surface area contributed by atoms with Crippen LogP contribution in [0.4, 0.5) is 18.9 Å². The van der Waals surface area contributed by atoms with Crippen molar-refractivity contribution in [1.82, 2.24) is 4.98 Å². The van der Waals surface area contributed by atoms with Gasteiger partial charge in [0, 0.05) is 10.5 Å². The van der Waals surface area contributed by atoms with Crippen molar-refractivity contribution in [3.8, 4) is 0 Å². The molecule has 1 aromatic heterocycles. The fraction of sp³-hybridized carbons (Fsp3) is 0.0667. The van der Waals surface area contributed by atoms with Crippen molar-refractivity contribution in [1.29, 1.82) is 0 Å². The number of benzene rings is 2.